The molecule has 1 amide bonds. The lowest BCUT2D eigenvalue weighted by atomic mass is 10.0. The van der Waals surface area contributed by atoms with Crippen molar-refractivity contribution in [1.82, 2.24) is 4.98 Å². The van der Waals surface area contributed by atoms with E-state index in [0.717, 1.165) is 0 Å². The molecule has 2 N–H and O–H groups in total. The second kappa shape index (κ2) is 8.95. The number of ether oxygens (including phenoxy) is 2. The third-order valence-corrected chi connectivity index (χ3v) is 4.98. The van der Waals surface area contributed by atoms with Gasteiger partial charge >= 0.3 is 6.61 Å². The number of nitrogens with one attached hydrogen (secondary N) is 2. The average molecular weight is 453 g/mol. The summed E-state index contributed by atoms with van der Waals surface area (Å²) in [6.45, 7) is -3.02. The van der Waals surface area contributed by atoms with Gasteiger partial charge in [0.2, 0.25) is 0 Å². The van der Waals surface area contributed by atoms with Gasteiger partial charge in [-0.1, -0.05) is 12.1 Å². The minimum absolute atomic E-state index is 0.0594. The van der Waals surface area contributed by atoms with Gasteiger partial charge in [-0.2, -0.15) is 8.78 Å². The fourth-order valence-electron chi connectivity index (χ4n) is 3.41. The Morgan fingerprint density at radius 3 is 2.52 bits per heavy atom. The molecule has 3 aromatic carbocycles. The van der Waals surface area contributed by atoms with Gasteiger partial charge in [-0.05, 0) is 42.0 Å². The first kappa shape index (κ1) is 21.8. The number of alkyl halides is 2. The minimum atomic E-state index is -3.02. The fraction of sp³-hybridized carbons (Fsp3) is 0.0870. The molecule has 168 valence electrons. The summed E-state index contributed by atoms with van der Waals surface area (Å²) in [5.74, 6) is 0.00815. The van der Waals surface area contributed by atoms with E-state index in [1.807, 2.05) is 0 Å². The molecule has 0 radical (unpaired) electrons. The summed E-state index contributed by atoms with van der Waals surface area (Å²) in [5, 5.41) is 14.2. The van der Waals surface area contributed by atoms with Crippen LogP contribution in [0, 0.1) is 10.1 Å². The molecule has 0 saturated carbocycles. The number of aromatic nitrogens is 1. The van der Waals surface area contributed by atoms with Crippen molar-refractivity contribution >= 4 is 28.2 Å². The highest BCUT2D eigenvalue weighted by Gasteiger charge is 2.17. The van der Waals surface area contributed by atoms with E-state index in [0.29, 0.717) is 33.5 Å². The number of hydrogen-bond donors (Lipinski definition) is 2. The van der Waals surface area contributed by atoms with Crippen LogP contribution in [0.2, 0.25) is 0 Å². The first-order valence-corrected chi connectivity index (χ1v) is 9.66. The minimum Gasteiger partial charge on any atom is -0.497 e. The molecule has 0 aliphatic heterocycles. The van der Waals surface area contributed by atoms with Crippen molar-refractivity contribution in [2.24, 2.45) is 0 Å². The summed E-state index contributed by atoms with van der Waals surface area (Å²) in [4.78, 5) is 26.3. The predicted molar refractivity (Wildman–Crippen MR) is 118 cm³/mol. The lowest BCUT2D eigenvalue weighted by Gasteiger charge is -2.14. The number of hydrogen-bond acceptors (Lipinski definition) is 5. The number of methoxy groups -OCH3 is 1. The Morgan fingerprint density at radius 2 is 1.85 bits per heavy atom. The highest BCUT2D eigenvalue weighted by Crippen LogP contribution is 2.35. The Kier molecular flexibility index (Phi) is 5.90. The van der Waals surface area contributed by atoms with Crippen molar-refractivity contribution in [1.29, 1.82) is 0 Å². The Hall–Kier alpha value is -4.47. The van der Waals surface area contributed by atoms with Crippen molar-refractivity contribution in [3.05, 3.63) is 82.5 Å². The Bertz CT molecular complexity index is 1340. The number of aromatic amines is 1. The van der Waals surface area contributed by atoms with Crippen LogP contribution < -0.4 is 14.8 Å². The number of benzene rings is 3. The Balaban J connectivity index is 1.68. The number of fused-ring (bicyclic) bond motifs is 1. The van der Waals surface area contributed by atoms with Crippen LogP contribution in [-0.2, 0) is 0 Å². The first-order valence-electron chi connectivity index (χ1n) is 9.66. The number of non-ortho nitro benzene ring substituents is 1. The molecule has 8 nitrogen and oxygen atoms in total. The van der Waals surface area contributed by atoms with Crippen molar-refractivity contribution in [2.75, 3.05) is 12.4 Å². The summed E-state index contributed by atoms with van der Waals surface area (Å²) in [6, 6.07) is 15.1. The highest BCUT2D eigenvalue weighted by atomic mass is 19.3. The Labute approximate surface area is 185 Å². The van der Waals surface area contributed by atoms with E-state index in [1.54, 1.807) is 24.3 Å². The van der Waals surface area contributed by atoms with Crippen molar-refractivity contribution in [2.45, 2.75) is 6.61 Å². The maximum Gasteiger partial charge on any atom is 0.387 e. The standard InChI is InChI=1S/C23H17F2N3O5/c1-32-16-6-2-13(3-7-16)17-10-14(4-9-21(17)33-23(24)25)27-22(29)19-12-26-20-8-5-15(28(30)31)11-18(19)20/h2-12,23,26H,1H3,(H,27,29). The van der Waals surface area contributed by atoms with Gasteiger partial charge in [0, 0.05) is 40.5 Å². The zero-order valence-corrected chi connectivity index (χ0v) is 17.2. The number of carbonyl (C=O) groups is 1. The number of nitro benzene ring substituents is 1. The second-order valence-corrected chi connectivity index (χ2v) is 6.96. The summed E-state index contributed by atoms with van der Waals surface area (Å²) in [6.07, 6.45) is 1.45. The molecule has 1 aromatic heterocycles. The molecule has 4 rings (SSSR count). The highest BCUT2D eigenvalue weighted by molar-refractivity contribution is 6.13. The molecule has 0 saturated heterocycles. The van der Waals surface area contributed by atoms with Gasteiger partial charge in [-0.25, -0.2) is 0 Å². The maximum atomic E-state index is 12.9. The zero-order chi connectivity index (χ0) is 23.5. The first-order chi connectivity index (χ1) is 15.9. The van der Waals surface area contributed by atoms with Crippen LogP contribution in [-0.4, -0.2) is 29.5 Å². The smallest absolute Gasteiger partial charge is 0.387 e. The van der Waals surface area contributed by atoms with Gasteiger partial charge in [0.05, 0.1) is 17.6 Å². The van der Waals surface area contributed by atoms with Crippen LogP contribution >= 0.6 is 0 Å². The number of anilines is 1. The molecule has 4 aromatic rings. The van der Waals surface area contributed by atoms with Crippen LogP contribution in [0.5, 0.6) is 11.5 Å². The van der Waals surface area contributed by atoms with Gasteiger partial charge in [0.25, 0.3) is 11.6 Å². The Morgan fingerprint density at radius 1 is 1.09 bits per heavy atom. The van der Waals surface area contributed by atoms with E-state index >= 15 is 0 Å². The van der Waals surface area contributed by atoms with Crippen molar-refractivity contribution < 1.29 is 28.0 Å². The topological polar surface area (TPSA) is 106 Å². The summed E-state index contributed by atoms with van der Waals surface area (Å²) >= 11 is 0. The molecule has 0 spiro atoms. The van der Waals surface area contributed by atoms with Crippen LogP contribution in [0.3, 0.4) is 0 Å². The predicted octanol–water partition coefficient (Wildman–Crippen LogP) is 5.61. The summed E-state index contributed by atoms with van der Waals surface area (Å²) < 4.78 is 35.6. The molecule has 0 aliphatic carbocycles. The molecule has 0 fully saturated rings. The van der Waals surface area contributed by atoms with Gasteiger partial charge in [0.15, 0.2) is 0 Å². The number of rotatable bonds is 7. The number of amides is 1. The van der Waals surface area contributed by atoms with Gasteiger partial charge < -0.3 is 19.8 Å². The normalized spacial score (nSPS) is 10.9. The summed E-state index contributed by atoms with van der Waals surface area (Å²) in [5.41, 5.74) is 1.85. The van der Waals surface area contributed by atoms with Gasteiger partial charge in [-0.3, -0.25) is 14.9 Å². The molecule has 0 aliphatic rings. The zero-order valence-electron chi connectivity index (χ0n) is 17.2. The van der Waals surface area contributed by atoms with Crippen LogP contribution in [0.1, 0.15) is 10.4 Å². The second-order valence-electron chi connectivity index (χ2n) is 6.96. The van der Waals surface area contributed by atoms with E-state index in [-0.39, 0.29) is 17.0 Å². The third-order valence-electron chi connectivity index (χ3n) is 4.98. The largest absolute Gasteiger partial charge is 0.497 e. The molecule has 10 heteroatoms. The van der Waals surface area contributed by atoms with Gasteiger partial charge in [-0.15, -0.1) is 0 Å². The maximum absolute atomic E-state index is 12.9. The fourth-order valence-corrected chi connectivity index (χ4v) is 3.41. The molecule has 0 unspecified atom stereocenters. The van der Waals surface area contributed by atoms with Crippen LogP contribution in [0.25, 0.3) is 22.0 Å². The molecule has 33 heavy (non-hydrogen) atoms. The number of nitrogens with zero attached hydrogens (tertiary/aromatic N) is 1. The van der Waals surface area contributed by atoms with E-state index in [9.17, 15) is 23.7 Å². The number of halogens is 2. The average Bonchev–Trinajstić information content (AvgIpc) is 3.23. The van der Waals surface area contributed by atoms with E-state index in [1.165, 1.54) is 49.7 Å². The molecular formula is C23H17F2N3O5. The summed E-state index contributed by atoms with van der Waals surface area (Å²) in [7, 11) is 1.51. The number of H-pyrrole nitrogens is 1. The van der Waals surface area contributed by atoms with Crippen molar-refractivity contribution in [3.63, 3.8) is 0 Å². The van der Waals surface area contributed by atoms with Crippen molar-refractivity contribution in [3.8, 4) is 22.6 Å². The van der Waals surface area contributed by atoms with Gasteiger partial charge in [0.1, 0.15) is 11.5 Å². The molecule has 0 bridgehead atoms. The van der Waals surface area contributed by atoms with E-state index in [4.69, 9.17) is 4.74 Å². The molecular weight excluding hydrogens is 436 g/mol. The monoisotopic (exact) mass is 453 g/mol. The van der Waals surface area contributed by atoms with E-state index < -0.39 is 17.4 Å². The number of carbonyl (C=O) groups excluding carboxylic acids is 1. The quantitative estimate of drug-likeness (QED) is 0.280. The number of nitro groups is 1. The lowest BCUT2D eigenvalue weighted by Crippen LogP contribution is -2.12. The molecule has 1 heterocycles. The SMILES string of the molecule is COc1ccc(-c2cc(NC(=O)c3c[nH]c4ccc([N+](=O)[O-])cc34)ccc2OC(F)F)cc1. The van der Waals surface area contributed by atoms with Crippen LogP contribution in [0.4, 0.5) is 20.2 Å². The van der Waals surface area contributed by atoms with E-state index in [2.05, 4.69) is 15.0 Å². The molecule has 0 atom stereocenters. The third kappa shape index (κ3) is 4.59. The lowest BCUT2D eigenvalue weighted by molar-refractivity contribution is -0.384. The van der Waals surface area contributed by atoms with Crippen LogP contribution in [0.15, 0.2) is 66.9 Å².